The Morgan fingerprint density at radius 3 is 2.43 bits per heavy atom. The zero-order valence-corrected chi connectivity index (χ0v) is 30.3. The van der Waals surface area contributed by atoms with E-state index in [1.54, 1.807) is 19.4 Å². The molecule has 0 saturated carbocycles. The molecule has 0 amide bonds. The van der Waals surface area contributed by atoms with Gasteiger partial charge in [0.2, 0.25) is 0 Å². The van der Waals surface area contributed by atoms with E-state index in [2.05, 4.69) is 64.0 Å². The number of rotatable bonds is 13. The molecule has 0 radical (unpaired) electrons. The van der Waals surface area contributed by atoms with Gasteiger partial charge < -0.3 is 9.46 Å². The van der Waals surface area contributed by atoms with Gasteiger partial charge in [-0.25, -0.2) is 18.7 Å². The number of thiazole rings is 1. The summed E-state index contributed by atoms with van der Waals surface area (Å²) in [5, 5.41) is 4.85. The third kappa shape index (κ3) is 11.1. The molecule has 3 aromatic rings. The molecule has 46 heavy (non-hydrogen) atoms. The van der Waals surface area contributed by atoms with Crippen molar-refractivity contribution in [2.24, 2.45) is 9.98 Å². The van der Waals surface area contributed by atoms with Crippen LogP contribution in [0.1, 0.15) is 63.8 Å². The number of allylic oxidation sites excluding steroid dienone is 1. The first-order chi connectivity index (χ1) is 22.3. The van der Waals surface area contributed by atoms with Gasteiger partial charge >= 0.3 is 0 Å². The number of benzene rings is 1. The quantitative estimate of drug-likeness (QED) is 0.105. The highest BCUT2D eigenvalue weighted by Crippen LogP contribution is 2.37. The van der Waals surface area contributed by atoms with Crippen LogP contribution >= 0.6 is 35.0 Å². The number of thioether (sulfide) groups is 1. The van der Waals surface area contributed by atoms with Crippen molar-refractivity contribution in [2.45, 2.75) is 76.2 Å². The number of hydrogen-bond acceptors (Lipinski definition) is 10. The molecule has 1 aliphatic rings. The molecule has 2 N–H and O–H groups in total. The van der Waals surface area contributed by atoms with Crippen LogP contribution in [0.2, 0.25) is 0 Å². The number of ether oxygens (including phenoxy) is 1. The van der Waals surface area contributed by atoms with Crippen molar-refractivity contribution >= 4 is 59.5 Å². The number of methoxy groups -OCH3 is 1. The van der Waals surface area contributed by atoms with E-state index >= 15 is 0 Å². The molecular weight excluding hydrogens is 643 g/mol. The van der Waals surface area contributed by atoms with E-state index in [0.29, 0.717) is 34.8 Å². The highest BCUT2D eigenvalue weighted by atomic mass is 32.2. The van der Waals surface area contributed by atoms with Gasteiger partial charge in [0, 0.05) is 30.5 Å². The van der Waals surface area contributed by atoms with Gasteiger partial charge in [0.1, 0.15) is 23.1 Å². The zero-order valence-electron chi connectivity index (χ0n) is 27.9. The fraction of sp³-hybridized carbons (Fsp3) is 0.412. The predicted molar refractivity (Wildman–Crippen MR) is 198 cm³/mol. The third-order valence-corrected chi connectivity index (χ3v) is 9.70. The molecule has 2 aromatic heterocycles. The topological polar surface area (TPSA) is 83.8 Å². The first kappa shape index (κ1) is 39.3. The third-order valence-electron chi connectivity index (χ3n) is 6.46. The van der Waals surface area contributed by atoms with Crippen LogP contribution < -0.4 is 10.0 Å². The van der Waals surface area contributed by atoms with E-state index in [-0.39, 0.29) is 23.0 Å². The highest BCUT2D eigenvalue weighted by molar-refractivity contribution is 8.00. The van der Waals surface area contributed by atoms with Crippen LogP contribution in [-0.4, -0.2) is 60.3 Å². The van der Waals surface area contributed by atoms with Crippen LogP contribution in [0.15, 0.2) is 69.5 Å². The SMILES string of the molecule is C=N/C(=C\C=N/CNC1CC(SC)C=CC1OC)c1sc(C(C)C)nc1-c1cccc(NSc2c(F)cccc2F)n1.CC.CC. The fourth-order valence-corrected chi connectivity index (χ4v) is 6.60. The summed E-state index contributed by atoms with van der Waals surface area (Å²) < 4.78 is 36.7. The van der Waals surface area contributed by atoms with E-state index in [9.17, 15) is 8.78 Å². The molecule has 0 bridgehead atoms. The summed E-state index contributed by atoms with van der Waals surface area (Å²) in [5.41, 5.74) is 1.87. The van der Waals surface area contributed by atoms with Crippen molar-refractivity contribution in [3.8, 4) is 11.4 Å². The van der Waals surface area contributed by atoms with Crippen LogP contribution in [0.5, 0.6) is 0 Å². The van der Waals surface area contributed by atoms with Crippen molar-refractivity contribution in [3.63, 3.8) is 0 Å². The van der Waals surface area contributed by atoms with Crippen molar-refractivity contribution in [2.75, 3.05) is 24.8 Å². The van der Waals surface area contributed by atoms with Crippen LogP contribution in [0.25, 0.3) is 17.1 Å². The second-order valence-electron chi connectivity index (χ2n) is 9.65. The normalized spacial score (nSPS) is 17.7. The second-order valence-corrected chi connectivity index (χ2v) is 12.6. The molecule has 0 aliphatic heterocycles. The Kier molecular flexibility index (Phi) is 18.0. The average molecular weight is 689 g/mol. The van der Waals surface area contributed by atoms with Crippen molar-refractivity contribution in [3.05, 3.63) is 76.1 Å². The molecule has 2 heterocycles. The van der Waals surface area contributed by atoms with E-state index in [1.807, 2.05) is 57.7 Å². The van der Waals surface area contributed by atoms with Crippen LogP contribution in [0.3, 0.4) is 0 Å². The van der Waals surface area contributed by atoms with Crippen molar-refractivity contribution < 1.29 is 13.5 Å². The summed E-state index contributed by atoms with van der Waals surface area (Å²) in [5.74, 6) is -0.663. The smallest absolute Gasteiger partial charge is 0.141 e. The lowest BCUT2D eigenvalue weighted by Crippen LogP contribution is -2.44. The van der Waals surface area contributed by atoms with Gasteiger partial charge in [-0.1, -0.05) is 65.8 Å². The minimum Gasteiger partial charge on any atom is -0.376 e. The number of pyridine rings is 1. The molecule has 0 spiro atoms. The lowest BCUT2D eigenvalue weighted by molar-refractivity contribution is 0.0990. The number of anilines is 1. The molecule has 0 saturated heterocycles. The molecule has 0 fully saturated rings. The first-order valence-electron chi connectivity index (χ1n) is 15.3. The largest absolute Gasteiger partial charge is 0.376 e. The molecule has 4 rings (SSSR count). The summed E-state index contributed by atoms with van der Waals surface area (Å²) in [6.07, 6.45) is 10.9. The van der Waals surface area contributed by atoms with Gasteiger partial charge in [-0.3, -0.25) is 15.3 Å². The van der Waals surface area contributed by atoms with Crippen LogP contribution in [0.4, 0.5) is 14.6 Å². The standard InChI is InChI=1S/C30H34F2N6OS3.2C2H6/c1-18(2)30-37-27(22-10-7-11-26(36-22)38-42-28-20(31)8-6-9-21(28)32)29(41-30)23(33-3)14-15-34-17-35-24-16-19(40-5)12-13-25(24)39-4;2*1-2/h6-15,18-19,24-25,35H,3,16-17H2,1-2,4-5H3,(H,36,38);2*1-2H3/b23-14-,34-15-;;. The van der Waals surface area contributed by atoms with E-state index in [4.69, 9.17) is 9.72 Å². The van der Waals surface area contributed by atoms with Gasteiger partial charge in [-0.15, -0.1) is 11.3 Å². The average Bonchev–Trinajstić information content (AvgIpc) is 3.54. The Bertz CT molecular complexity index is 1440. The van der Waals surface area contributed by atoms with E-state index < -0.39 is 11.6 Å². The van der Waals surface area contributed by atoms with E-state index in [0.717, 1.165) is 28.3 Å². The van der Waals surface area contributed by atoms with Gasteiger partial charge in [0.15, 0.2) is 0 Å². The number of aliphatic imine (C=N–C) groups is 2. The summed E-state index contributed by atoms with van der Waals surface area (Å²) in [6.45, 7) is 16.4. The Hall–Kier alpha value is -2.90. The fourth-order valence-electron chi connectivity index (χ4n) is 4.23. The molecule has 12 heteroatoms. The zero-order chi connectivity index (χ0) is 34.1. The maximum Gasteiger partial charge on any atom is 0.141 e. The summed E-state index contributed by atoms with van der Waals surface area (Å²) in [4.78, 5) is 19.0. The second kappa shape index (κ2) is 21.1. The molecule has 1 aromatic carbocycles. The van der Waals surface area contributed by atoms with Gasteiger partial charge in [-0.05, 0) is 61.7 Å². The molecule has 1 aliphatic carbocycles. The number of hydrogen-bond donors (Lipinski definition) is 2. The first-order valence-corrected chi connectivity index (χ1v) is 18.3. The number of halogens is 2. The maximum absolute atomic E-state index is 14.1. The minimum absolute atomic E-state index is 0.0145. The predicted octanol–water partition coefficient (Wildman–Crippen LogP) is 9.51. The Balaban J connectivity index is 0.00000177. The lowest BCUT2D eigenvalue weighted by Gasteiger charge is -2.30. The Morgan fingerprint density at radius 1 is 1.11 bits per heavy atom. The van der Waals surface area contributed by atoms with Gasteiger partial charge in [-0.2, -0.15) is 11.8 Å². The van der Waals surface area contributed by atoms with Gasteiger partial charge in [0.05, 0.1) is 38.9 Å². The van der Waals surface area contributed by atoms with Crippen molar-refractivity contribution in [1.82, 2.24) is 15.3 Å². The lowest BCUT2D eigenvalue weighted by atomic mass is 9.99. The molecule has 3 atom stereocenters. The van der Waals surface area contributed by atoms with Crippen LogP contribution in [-0.2, 0) is 4.74 Å². The van der Waals surface area contributed by atoms with E-state index in [1.165, 1.54) is 29.5 Å². The molecule has 7 nitrogen and oxygen atoms in total. The summed E-state index contributed by atoms with van der Waals surface area (Å²) in [6, 6.07) is 9.32. The number of nitrogens with zero attached hydrogens (tertiary/aromatic N) is 4. The number of aromatic nitrogens is 2. The maximum atomic E-state index is 14.1. The number of nitrogens with one attached hydrogen (secondary N) is 2. The monoisotopic (exact) mass is 688 g/mol. The molecular formula is C34H46F2N6OS3. The minimum atomic E-state index is -0.644. The molecule has 250 valence electrons. The Morgan fingerprint density at radius 2 is 1.80 bits per heavy atom. The Labute approximate surface area is 285 Å². The molecule has 3 unspecified atom stereocenters. The summed E-state index contributed by atoms with van der Waals surface area (Å²) in [7, 11) is 1.72. The van der Waals surface area contributed by atoms with Crippen molar-refractivity contribution in [1.29, 1.82) is 0 Å². The van der Waals surface area contributed by atoms with Crippen LogP contribution in [0, 0.1) is 11.6 Å². The highest BCUT2D eigenvalue weighted by Gasteiger charge is 2.25. The van der Waals surface area contributed by atoms with Gasteiger partial charge in [0.25, 0.3) is 0 Å². The summed E-state index contributed by atoms with van der Waals surface area (Å²) >= 11 is 4.18.